The number of hydrogen-bond donors (Lipinski definition) is 1. The summed E-state index contributed by atoms with van der Waals surface area (Å²) < 4.78 is 1.91. The zero-order valence-corrected chi connectivity index (χ0v) is 12.8. The van der Waals surface area contributed by atoms with Crippen molar-refractivity contribution in [3.63, 3.8) is 0 Å². The number of thiophene rings is 1. The van der Waals surface area contributed by atoms with E-state index in [1.165, 1.54) is 0 Å². The van der Waals surface area contributed by atoms with Gasteiger partial charge in [0.2, 0.25) is 5.91 Å². The molecule has 3 rings (SSSR count). The number of fused-ring (bicyclic) bond motifs is 1. The van der Waals surface area contributed by atoms with Crippen molar-refractivity contribution in [2.24, 2.45) is 0 Å². The van der Waals surface area contributed by atoms with Crippen LogP contribution in [0.4, 0.5) is 0 Å². The van der Waals surface area contributed by atoms with E-state index in [2.05, 4.69) is 5.10 Å². The molecule has 6 heteroatoms. The molecular formula is C15H19N3O2S. The number of amides is 1. The molecule has 112 valence electrons. The average molecular weight is 305 g/mol. The quantitative estimate of drug-likeness (QED) is 0.939. The Balaban J connectivity index is 1.69. The minimum Gasteiger partial charge on any atom is -0.387 e. The Labute approximate surface area is 127 Å². The predicted octanol–water partition coefficient (Wildman–Crippen LogP) is 1.97. The minimum absolute atomic E-state index is 0.151. The molecule has 0 saturated carbocycles. The number of carbonyl (C=O) groups is 1. The SMILES string of the molecule is CC[C@H](O)c1cc2n(n1)CCN(C(=O)Cc1ccsc1)C2. The lowest BCUT2D eigenvalue weighted by molar-refractivity contribution is -0.132. The van der Waals surface area contributed by atoms with Crippen LogP contribution in [0.2, 0.25) is 0 Å². The van der Waals surface area contributed by atoms with Crippen LogP contribution in [0.25, 0.3) is 0 Å². The van der Waals surface area contributed by atoms with Gasteiger partial charge >= 0.3 is 0 Å². The number of carbonyl (C=O) groups excluding carboxylic acids is 1. The Kier molecular flexibility index (Phi) is 4.07. The van der Waals surface area contributed by atoms with Gasteiger partial charge in [-0.1, -0.05) is 6.92 Å². The van der Waals surface area contributed by atoms with E-state index in [1.807, 2.05) is 39.4 Å². The number of aliphatic hydroxyl groups is 1. The summed E-state index contributed by atoms with van der Waals surface area (Å²) in [4.78, 5) is 14.2. The maximum Gasteiger partial charge on any atom is 0.227 e. The van der Waals surface area contributed by atoms with Crippen molar-refractivity contribution in [3.05, 3.63) is 39.8 Å². The molecular weight excluding hydrogens is 286 g/mol. The summed E-state index contributed by atoms with van der Waals surface area (Å²) in [5.74, 6) is 0.151. The molecule has 0 spiro atoms. The molecule has 5 nitrogen and oxygen atoms in total. The molecule has 0 fully saturated rings. The van der Waals surface area contributed by atoms with Gasteiger partial charge in [-0.05, 0) is 34.9 Å². The lowest BCUT2D eigenvalue weighted by atomic mass is 10.1. The first-order valence-electron chi connectivity index (χ1n) is 7.21. The van der Waals surface area contributed by atoms with Crippen molar-refractivity contribution in [2.45, 2.75) is 39.0 Å². The zero-order valence-electron chi connectivity index (χ0n) is 12.0. The van der Waals surface area contributed by atoms with Crippen molar-refractivity contribution < 1.29 is 9.90 Å². The van der Waals surface area contributed by atoms with Gasteiger partial charge in [0.05, 0.1) is 37.0 Å². The lowest BCUT2D eigenvalue weighted by Gasteiger charge is -2.27. The molecule has 1 aliphatic heterocycles. The summed E-state index contributed by atoms with van der Waals surface area (Å²) in [5.41, 5.74) is 2.79. The highest BCUT2D eigenvalue weighted by Crippen LogP contribution is 2.20. The number of nitrogens with zero attached hydrogens (tertiary/aromatic N) is 3. The van der Waals surface area contributed by atoms with Crippen molar-refractivity contribution in [1.29, 1.82) is 0 Å². The van der Waals surface area contributed by atoms with Crippen molar-refractivity contribution in [1.82, 2.24) is 14.7 Å². The van der Waals surface area contributed by atoms with E-state index in [1.54, 1.807) is 11.3 Å². The van der Waals surface area contributed by atoms with Crippen LogP contribution in [0.15, 0.2) is 22.9 Å². The summed E-state index contributed by atoms with van der Waals surface area (Å²) in [6, 6.07) is 3.91. The van der Waals surface area contributed by atoms with Crippen molar-refractivity contribution in [2.75, 3.05) is 6.54 Å². The first kappa shape index (κ1) is 14.3. The van der Waals surface area contributed by atoms with E-state index >= 15 is 0 Å². The van der Waals surface area contributed by atoms with Gasteiger partial charge in [0.1, 0.15) is 0 Å². The Morgan fingerprint density at radius 3 is 3.10 bits per heavy atom. The van der Waals surface area contributed by atoms with Gasteiger partial charge in [0, 0.05) is 6.54 Å². The molecule has 1 amide bonds. The second-order valence-electron chi connectivity index (χ2n) is 5.33. The molecule has 0 aromatic carbocycles. The summed E-state index contributed by atoms with van der Waals surface area (Å²) in [5, 5.41) is 18.3. The molecule has 0 unspecified atom stereocenters. The third kappa shape index (κ3) is 3.01. The number of aliphatic hydroxyl groups excluding tert-OH is 1. The summed E-state index contributed by atoms with van der Waals surface area (Å²) in [7, 11) is 0. The third-order valence-corrected chi connectivity index (χ3v) is 4.57. The summed E-state index contributed by atoms with van der Waals surface area (Å²) >= 11 is 1.61. The van der Waals surface area contributed by atoms with E-state index in [0.717, 1.165) is 11.3 Å². The molecule has 0 bridgehead atoms. The maximum atomic E-state index is 12.3. The van der Waals surface area contributed by atoms with Gasteiger partial charge in [-0.3, -0.25) is 9.48 Å². The monoisotopic (exact) mass is 305 g/mol. The second-order valence-corrected chi connectivity index (χ2v) is 6.11. The van der Waals surface area contributed by atoms with Gasteiger partial charge in [0.25, 0.3) is 0 Å². The minimum atomic E-state index is -0.516. The van der Waals surface area contributed by atoms with Crippen LogP contribution in [0.3, 0.4) is 0 Å². The van der Waals surface area contributed by atoms with E-state index in [-0.39, 0.29) is 5.91 Å². The molecule has 1 N–H and O–H groups in total. The number of aromatic nitrogens is 2. The van der Waals surface area contributed by atoms with Gasteiger partial charge in [-0.15, -0.1) is 0 Å². The summed E-state index contributed by atoms with van der Waals surface area (Å²) in [6.07, 6.45) is 0.595. The molecule has 1 aliphatic rings. The topological polar surface area (TPSA) is 58.4 Å². The van der Waals surface area contributed by atoms with Crippen molar-refractivity contribution in [3.8, 4) is 0 Å². The van der Waals surface area contributed by atoms with Crippen LogP contribution in [-0.2, 0) is 24.3 Å². The largest absolute Gasteiger partial charge is 0.387 e. The second kappa shape index (κ2) is 5.99. The fourth-order valence-corrected chi connectivity index (χ4v) is 3.22. The molecule has 21 heavy (non-hydrogen) atoms. The Morgan fingerprint density at radius 2 is 2.38 bits per heavy atom. The third-order valence-electron chi connectivity index (χ3n) is 3.83. The summed E-state index contributed by atoms with van der Waals surface area (Å²) in [6.45, 7) is 3.88. The zero-order chi connectivity index (χ0) is 14.8. The Bertz CT molecular complexity index is 621. The van der Waals surface area contributed by atoms with E-state index in [9.17, 15) is 9.90 Å². The van der Waals surface area contributed by atoms with Gasteiger partial charge in [-0.2, -0.15) is 16.4 Å². The standard InChI is InChI=1S/C15H19N3O2S/c1-2-14(19)13-8-12-9-17(4-5-18(12)16-13)15(20)7-11-3-6-21-10-11/h3,6,8,10,14,19H,2,4-5,7,9H2,1H3/t14-/m0/s1. The molecule has 0 radical (unpaired) electrons. The Morgan fingerprint density at radius 1 is 1.52 bits per heavy atom. The number of hydrogen-bond acceptors (Lipinski definition) is 4. The van der Waals surface area contributed by atoms with E-state index in [0.29, 0.717) is 38.2 Å². The highest BCUT2D eigenvalue weighted by Gasteiger charge is 2.23. The molecule has 0 saturated heterocycles. The predicted molar refractivity (Wildman–Crippen MR) is 80.9 cm³/mol. The number of rotatable bonds is 4. The van der Waals surface area contributed by atoms with Crippen LogP contribution in [0.1, 0.15) is 36.4 Å². The average Bonchev–Trinajstić information content (AvgIpc) is 3.14. The van der Waals surface area contributed by atoms with Gasteiger partial charge < -0.3 is 10.0 Å². The molecule has 0 aliphatic carbocycles. The maximum absolute atomic E-state index is 12.3. The van der Waals surface area contributed by atoms with Crippen LogP contribution < -0.4 is 0 Å². The first-order chi connectivity index (χ1) is 10.2. The Hall–Kier alpha value is -1.66. The van der Waals surface area contributed by atoms with Crippen LogP contribution in [-0.4, -0.2) is 32.2 Å². The van der Waals surface area contributed by atoms with E-state index in [4.69, 9.17) is 0 Å². The fourth-order valence-electron chi connectivity index (χ4n) is 2.55. The van der Waals surface area contributed by atoms with Crippen LogP contribution >= 0.6 is 11.3 Å². The van der Waals surface area contributed by atoms with Crippen molar-refractivity contribution >= 4 is 17.2 Å². The highest BCUT2D eigenvalue weighted by atomic mass is 32.1. The van der Waals surface area contributed by atoms with Crippen LogP contribution in [0.5, 0.6) is 0 Å². The molecule has 3 heterocycles. The first-order valence-corrected chi connectivity index (χ1v) is 8.15. The molecule has 1 atom stereocenters. The fraction of sp³-hybridized carbons (Fsp3) is 0.467. The smallest absolute Gasteiger partial charge is 0.227 e. The van der Waals surface area contributed by atoms with Gasteiger partial charge in [0.15, 0.2) is 0 Å². The molecule has 2 aromatic rings. The molecule has 2 aromatic heterocycles. The van der Waals surface area contributed by atoms with Gasteiger partial charge in [-0.25, -0.2) is 0 Å². The lowest BCUT2D eigenvalue weighted by Crippen LogP contribution is -2.39. The van der Waals surface area contributed by atoms with E-state index < -0.39 is 6.10 Å². The normalized spacial score (nSPS) is 15.8. The van der Waals surface area contributed by atoms with Crippen LogP contribution in [0, 0.1) is 0 Å². The highest BCUT2D eigenvalue weighted by molar-refractivity contribution is 7.07.